The Morgan fingerprint density at radius 2 is 1.90 bits per heavy atom. The van der Waals surface area contributed by atoms with Gasteiger partial charge in [0.2, 0.25) is 5.78 Å². The number of hydrogen-bond donors (Lipinski definition) is 0. The lowest BCUT2D eigenvalue weighted by atomic mass is 10.1. The number of rotatable bonds is 5. The normalized spacial score (nSPS) is 10.3. The van der Waals surface area contributed by atoms with E-state index in [1.807, 2.05) is 32.0 Å². The molecule has 2 rings (SSSR count). The quantitative estimate of drug-likeness (QED) is 0.777. The van der Waals surface area contributed by atoms with E-state index in [0.717, 1.165) is 22.5 Å². The number of ether oxygens (including phenoxy) is 1. The Bertz CT molecular complexity index is 643. The van der Waals surface area contributed by atoms with Gasteiger partial charge in [0.15, 0.2) is 11.6 Å². The summed E-state index contributed by atoms with van der Waals surface area (Å²) in [5.41, 5.74) is 1.85. The van der Waals surface area contributed by atoms with Gasteiger partial charge in [-0.3, -0.25) is 4.79 Å². The Labute approximate surface area is 119 Å². The van der Waals surface area contributed by atoms with Crippen molar-refractivity contribution in [2.75, 3.05) is 6.61 Å². The molecule has 104 valence electrons. The third-order valence-electron chi connectivity index (χ3n) is 2.52. The Morgan fingerprint density at radius 3 is 2.45 bits per heavy atom. The van der Waals surface area contributed by atoms with E-state index in [1.54, 1.807) is 0 Å². The van der Waals surface area contributed by atoms with Crippen molar-refractivity contribution in [2.45, 2.75) is 13.8 Å². The minimum absolute atomic E-state index is 0.105. The average Bonchev–Trinajstić information content (AvgIpc) is 2.84. The number of ketones is 1. The standard InChI is InChI=1S/C14H13NO4S/c1-8-3-9(2)5-10(4-8)19-6-12(16)13-15-11(7-20-13)14(17)18/h3-5,7H,6H2,1-2H3,(H,17,18)/p-1. The number of aromatic carboxylic acids is 1. The third kappa shape index (κ3) is 3.42. The number of nitrogens with zero attached hydrogens (tertiary/aromatic N) is 1. The van der Waals surface area contributed by atoms with Crippen LogP contribution in [0.5, 0.6) is 5.75 Å². The lowest BCUT2D eigenvalue weighted by molar-refractivity contribution is -0.255. The number of carboxylic acid groups (broad SMARTS) is 1. The highest BCUT2D eigenvalue weighted by molar-refractivity contribution is 7.11. The van der Waals surface area contributed by atoms with Crippen molar-refractivity contribution >= 4 is 23.1 Å². The number of aryl methyl sites for hydroxylation is 2. The van der Waals surface area contributed by atoms with Crippen molar-refractivity contribution in [1.29, 1.82) is 0 Å². The van der Waals surface area contributed by atoms with Crippen LogP contribution in [0.15, 0.2) is 23.6 Å². The zero-order chi connectivity index (χ0) is 14.7. The maximum atomic E-state index is 11.8. The van der Waals surface area contributed by atoms with Crippen molar-refractivity contribution in [3.8, 4) is 5.75 Å². The van der Waals surface area contributed by atoms with Gasteiger partial charge in [-0.2, -0.15) is 0 Å². The molecule has 0 saturated carbocycles. The first-order valence-electron chi connectivity index (χ1n) is 5.87. The smallest absolute Gasteiger partial charge is 0.228 e. The zero-order valence-electron chi connectivity index (χ0n) is 11.0. The first-order valence-corrected chi connectivity index (χ1v) is 6.75. The van der Waals surface area contributed by atoms with E-state index in [4.69, 9.17) is 4.74 Å². The molecule has 5 nitrogen and oxygen atoms in total. The number of hydrogen-bond acceptors (Lipinski definition) is 6. The van der Waals surface area contributed by atoms with Crippen molar-refractivity contribution in [1.82, 2.24) is 4.98 Å². The highest BCUT2D eigenvalue weighted by Gasteiger charge is 2.12. The van der Waals surface area contributed by atoms with Crippen LogP contribution in [0.2, 0.25) is 0 Å². The van der Waals surface area contributed by atoms with Crippen molar-refractivity contribution in [3.63, 3.8) is 0 Å². The van der Waals surface area contributed by atoms with Gasteiger partial charge in [-0.05, 0) is 37.1 Å². The van der Waals surface area contributed by atoms with Crippen LogP contribution in [-0.2, 0) is 0 Å². The fraction of sp³-hybridized carbons (Fsp3) is 0.214. The predicted octanol–water partition coefficient (Wildman–Crippen LogP) is 1.39. The molecule has 1 aromatic carbocycles. The van der Waals surface area contributed by atoms with Crippen LogP contribution in [0, 0.1) is 13.8 Å². The maximum Gasteiger partial charge on any atom is 0.228 e. The fourth-order valence-corrected chi connectivity index (χ4v) is 2.44. The highest BCUT2D eigenvalue weighted by atomic mass is 32.1. The van der Waals surface area contributed by atoms with Gasteiger partial charge in [0.1, 0.15) is 5.75 Å². The van der Waals surface area contributed by atoms with Gasteiger partial charge in [-0.15, -0.1) is 11.3 Å². The first kappa shape index (κ1) is 14.2. The molecule has 0 fully saturated rings. The molecule has 1 heterocycles. The number of carbonyl (C=O) groups excluding carboxylic acids is 2. The summed E-state index contributed by atoms with van der Waals surface area (Å²) in [5, 5.41) is 12.0. The second kappa shape index (κ2) is 5.83. The summed E-state index contributed by atoms with van der Waals surface area (Å²) >= 11 is 0.966. The fourth-order valence-electron chi connectivity index (χ4n) is 1.72. The Kier molecular flexibility index (Phi) is 4.14. The molecule has 0 spiro atoms. The number of carbonyl (C=O) groups is 2. The van der Waals surface area contributed by atoms with Gasteiger partial charge in [-0.1, -0.05) is 6.07 Å². The van der Waals surface area contributed by atoms with E-state index < -0.39 is 5.97 Å². The summed E-state index contributed by atoms with van der Waals surface area (Å²) in [5.74, 6) is -1.15. The van der Waals surface area contributed by atoms with Crippen LogP contribution in [0.1, 0.15) is 31.4 Å². The van der Waals surface area contributed by atoms with Crippen LogP contribution in [0.3, 0.4) is 0 Å². The molecule has 0 amide bonds. The molecule has 0 aliphatic rings. The molecule has 0 bridgehead atoms. The van der Waals surface area contributed by atoms with Gasteiger partial charge in [-0.25, -0.2) is 4.98 Å². The van der Waals surface area contributed by atoms with E-state index in [0.29, 0.717) is 5.75 Å². The SMILES string of the molecule is Cc1cc(C)cc(OCC(=O)c2nc(C(=O)[O-])cs2)c1. The lowest BCUT2D eigenvalue weighted by Crippen LogP contribution is -2.23. The minimum Gasteiger partial charge on any atom is -0.543 e. The van der Waals surface area contributed by atoms with Crippen LogP contribution in [0.4, 0.5) is 0 Å². The number of benzene rings is 1. The predicted molar refractivity (Wildman–Crippen MR) is 72.2 cm³/mol. The van der Waals surface area contributed by atoms with E-state index in [1.165, 1.54) is 5.38 Å². The summed E-state index contributed by atoms with van der Waals surface area (Å²) in [6, 6.07) is 5.66. The molecule has 0 aliphatic heterocycles. The molecular formula is C14H12NO4S-. The highest BCUT2D eigenvalue weighted by Crippen LogP contribution is 2.17. The van der Waals surface area contributed by atoms with Crippen molar-refractivity contribution < 1.29 is 19.4 Å². The molecule has 20 heavy (non-hydrogen) atoms. The summed E-state index contributed by atoms with van der Waals surface area (Å²) in [4.78, 5) is 26.1. The zero-order valence-corrected chi connectivity index (χ0v) is 11.8. The van der Waals surface area contributed by atoms with E-state index in [-0.39, 0.29) is 23.1 Å². The second-order valence-electron chi connectivity index (χ2n) is 4.36. The van der Waals surface area contributed by atoms with Crippen molar-refractivity contribution in [2.24, 2.45) is 0 Å². The molecule has 0 atom stereocenters. The molecular weight excluding hydrogens is 278 g/mol. The van der Waals surface area contributed by atoms with Crippen LogP contribution in [0.25, 0.3) is 0 Å². The number of aromatic nitrogens is 1. The Balaban J connectivity index is 2.02. The molecule has 0 unspecified atom stereocenters. The average molecular weight is 290 g/mol. The van der Waals surface area contributed by atoms with E-state index >= 15 is 0 Å². The number of thiazole rings is 1. The van der Waals surface area contributed by atoms with Gasteiger partial charge in [0.25, 0.3) is 0 Å². The number of carboxylic acids is 1. The Hall–Kier alpha value is -2.21. The van der Waals surface area contributed by atoms with Crippen LogP contribution < -0.4 is 9.84 Å². The lowest BCUT2D eigenvalue weighted by Gasteiger charge is -2.06. The minimum atomic E-state index is -1.39. The topological polar surface area (TPSA) is 79.3 Å². The van der Waals surface area contributed by atoms with E-state index in [2.05, 4.69) is 4.98 Å². The van der Waals surface area contributed by atoms with E-state index in [9.17, 15) is 14.7 Å². The largest absolute Gasteiger partial charge is 0.543 e. The monoisotopic (exact) mass is 290 g/mol. The van der Waals surface area contributed by atoms with Gasteiger partial charge in [0.05, 0.1) is 11.7 Å². The molecule has 0 saturated heterocycles. The summed E-state index contributed by atoms with van der Waals surface area (Å²) in [6.07, 6.45) is 0. The number of Topliss-reactive ketones (excluding diaryl/α,β-unsaturated/α-hetero) is 1. The third-order valence-corrected chi connectivity index (χ3v) is 3.40. The first-order chi connectivity index (χ1) is 9.45. The molecule has 0 aliphatic carbocycles. The summed E-state index contributed by atoms with van der Waals surface area (Å²) in [7, 11) is 0. The molecule has 1 aromatic heterocycles. The Morgan fingerprint density at radius 1 is 1.25 bits per heavy atom. The molecule has 6 heteroatoms. The molecule has 0 N–H and O–H groups in total. The molecule has 0 radical (unpaired) electrons. The van der Waals surface area contributed by atoms with Gasteiger partial charge in [0, 0.05) is 5.38 Å². The van der Waals surface area contributed by atoms with Crippen LogP contribution >= 0.6 is 11.3 Å². The van der Waals surface area contributed by atoms with Crippen LogP contribution in [-0.4, -0.2) is 23.3 Å². The summed E-state index contributed by atoms with van der Waals surface area (Å²) < 4.78 is 5.41. The van der Waals surface area contributed by atoms with Gasteiger partial charge >= 0.3 is 0 Å². The molecule has 2 aromatic rings. The second-order valence-corrected chi connectivity index (χ2v) is 5.22. The van der Waals surface area contributed by atoms with Crippen molar-refractivity contribution in [3.05, 3.63) is 45.4 Å². The van der Waals surface area contributed by atoms with Gasteiger partial charge < -0.3 is 14.6 Å². The summed E-state index contributed by atoms with van der Waals surface area (Å²) in [6.45, 7) is 3.70. The maximum absolute atomic E-state index is 11.8.